The Bertz CT molecular complexity index is 688. The van der Waals surface area contributed by atoms with Crippen molar-refractivity contribution in [1.29, 1.82) is 5.26 Å². The van der Waals surface area contributed by atoms with Crippen molar-refractivity contribution in [2.75, 3.05) is 42.9 Å². The molecule has 1 unspecified atom stereocenters. The van der Waals surface area contributed by atoms with Gasteiger partial charge in [-0.3, -0.25) is 4.90 Å². The monoisotopic (exact) mass is 322 g/mol. The van der Waals surface area contributed by atoms with Gasteiger partial charge in [-0.05, 0) is 19.1 Å². The van der Waals surface area contributed by atoms with Gasteiger partial charge >= 0.3 is 0 Å². The fourth-order valence-electron chi connectivity index (χ4n) is 3.02. The average molecular weight is 322 g/mol. The van der Waals surface area contributed by atoms with E-state index in [2.05, 4.69) is 68.4 Å². The van der Waals surface area contributed by atoms with E-state index in [1.807, 2.05) is 0 Å². The molecule has 0 bridgehead atoms. The van der Waals surface area contributed by atoms with E-state index < -0.39 is 0 Å². The van der Waals surface area contributed by atoms with E-state index >= 15 is 0 Å². The fourth-order valence-corrected chi connectivity index (χ4v) is 3.02. The lowest BCUT2D eigenvalue weighted by molar-refractivity contribution is 0.251. The van der Waals surface area contributed by atoms with Crippen LogP contribution in [-0.2, 0) is 0 Å². The molecule has 1 N–H and O–H groups in total. The number of benzene rings is 1. The number of piperazine rings is 1. The van der Waals surface area contributed by atoms with Crippen LogP contribution in [0.1, 0.15) is 12.6 Å². The van der Waals surface area contributed by atoms with Gasteiger partial charge in [-0.15, -0.1) is 0 Å². The van der Waals surface area contributed by atoms with Crippen molar-refractivity contribution in [2.24, 2.45) is 0 Å². The standard InChI is InChI=1S/C18H22N6/c1-15(22-18-17(13-19)20-7-8-21-18)14-23-9-11-24(12-10-23)16-5-3-2-4-6-16/h2-8,15H,9-12,14H2,1H3,(H,21,22). The summed E-state index contributed by atoms with van der Waals surface area (Å²) in [5.41, 5.74) is 1.64. The van der Waals surface area contributed by atoms with Gasteiger partial charge in [0.1, 0.15) is 6.07 Å². The summed E-state index contributed by atoms with van der Waals surface area (Å²) in [6.45, 7) is 7.17. The number of rotatable bonds is 5. The van der Waals surface area contributed by atoms with E-state index in [9.17, 15) is 0 Å². The molecular weight excluding hydrogens is 300 g/mol. The van der Waals surface area contributed by atoms with Crippen molar-refractivity contribution in [3.63, 3.8) is 0 Å². The summed E-state index contributed by atoms with van der Waals surface area (Å²) in [4.78, 5) is 13.1. The molecule has 1 saturated heterocycles. The largest absolute Gasteiger partial charge is 0.369 e. The first-order valence-corrected chi connectivity index (χ1v) is 8.26. The Kier molecular flexibility index (Phi) is 5.24. The number of anilines is 2. The minimum atomic E-state index is 0.206. The first kappa shape index (κ1) is 16.2. The van der Waals surface area contributed by atoms with Crippen LogP contribution in [0.15, 0.2) is 42.7 Å². The minimum Gasteiger partial charge on any atom is -0.369 e. The van der Waals surface area contributed by atoms with Crippen LogP contribution in [0.25, 0.3) is 0 Å². The Labute approximate surface area is 142 Å². The summed E-state index contributed by atoms with van der Waals surface area (Å²) in [5.74, 6) is 0.565. The lowest BCUT2D eigenvalue weighted by atomic mass is 10.2. The first-order valence-electron chi connectivity index (χ1n) is 8.26. The summed E-state index contributed by atoms with van der Waals surface area (Å²) < 4.78 is 0. The summed E-state index contributed by atoms with van der Waals surface area (Å²) in [6, 6.07) is 12.8. The normalized spacial score (nSPS) is 16.4. The highest BCUT2D eigenvalue weighted by Crippen LogP contribution is 2.16. The van der Waals surface area contributed by atoms with Crippen molar-refractivity contribution in [3.8, 4) is 6.07 Å². The molecule has 0 amide bonds. The summed E-state index contributed by atoms with van der Waals surface area (Å²) in [5, 5.41) is 12.4. The van der Waals surface area contributed by atoms with Crippen molar-refractivity contribution in [1.82, 2.24) is 14.9 Å². The second-order valence-corrected chi connectivity index (χ2v) is 6.03. The van der Waals surface area contributed by atoms with Crippen LogP contribution in [0.3, 0.4) is 0 Å². The molecule has 1 aliphatic rings. The Balaban J connectivity index is 1.50. The maximum atomic E-state index is 9.08. The van der Waals surface area contributed by atoms with E-state index in [0.29, 0.717) is 11.5 Å². The lowest BCUT2D eigenvalue weighted by Crippen LogP contribution is -2.49. The molecule has 2 aromatic rings. The SMILES string of the molecule is CC(CN1CCN(c2ccccc2)CC1)Nc1nccnc1C#N. The predicted molar refractivity (Wildman–Crippen MR) is 94.9 cm³/mol. The van der Waals surface area contributed by atoms with Gasteiger partial charge in [-0.2, -0.15) is 5.26 Å². The summed E-state index contributed by atoms with van der Waals surface area (Å²) >= 11 is 0. The molecule has 3 rings (SSSR count). The number of para-hydroxylation sites is 1. The predicted octanol–water partition coefficient (Wildman–Crippen LogP) is 1.97. The third-order valence-corrected chi connectivity index (χ3v) is 4.21. The van der Waals surface area contributed by atoms with Gasteiger partial charge in [0.25, 0.3) is 0 Å². The van der Waals surface area contributed by atoms with E-state index in [1.165, 1.54) is 11.9 Å². The van der Waals surface area contributed by atoms with Crippen molar-refractivity contribution in [2.45, 2.75) is 13.0 Å². The average Bonchev–Trinajstić information content (AvgIpc) is 2.63. The van der Waals surface area contributed by atoms with Gasteiger partial charge in [0.15, 0.2) is 11.5 Å². The topological polar surface area (TPSA) is 68.1 Å². The molecule has 6 heteroatoms. The second kappa shape index (κ2) is 7.75. The highest BCUT2D eigenvalue weighted by Gasteiger charge is 2.19. The third kappa shape index (κ3) is 4.00. The number of nitrogens with zero attached hydrogens (tertiary/aromatic N) is 5. The zero-order chi connectivity index (χ0) is 16.8. The molecule has 1 aromatic heterocycles. The highest BCUT2D eigenvalue weighted by atomic mass is 15.3. The van der Waals surface area contributed by atoms with Crippen molar-refractivity contribution >= 4 is 11.5 Å². The van der Waals surface area contributed by atoms with Crippen molar-refractivity contribution < 1.29 is 0 Å². The third-order valence-electron chi connectivity index (χ3n) is 4.21. The number of nitriles is 1. The minimum absolute atomic E-state index is 0.206. The number of hydrogen-bond donors (Lipinski definition) is 1. The maximum Gasteiger partial charge on any atom is 0.182 e. The van der Waals surface area contributed by atoms with E-state index in [1.54, 1.807) is 6.20 Å². The zero-order valence-corrected chi connectivity index (χ0v) is 13.9. The van der Waals surface area contributed by atoms with Gasteiger partial charge in [-0.1, -0.05) is 18.2 Å². The molecule has 1 aliphatic heterocycles. The second-order valence-electron chi connectivity index (χ2n) is 6.03. The molecule has 0 aliphatic carbocycles. The molecule has 0 spiro atoms. The van der Waals surface area contributed by atoms with Crippen LogP contribution in [0, 0.1) is 11.3 Å². The zero-order valence-electron chi connectivity index (χ0n) is 13.9. The van der Waals surface area contributed by atoms with Crippen LogP contribution in [-0.4, -0.2) is 53.6 Å². The van der Waals surface area contributed by atoms with Crippen molar-refractivity contribution in [3.05, 3.63) is 48.4 Å². The Morgan fingerprint density at radius 2 is 1.83 bits per heavy atom. The van der Waals surface area contributed by atoms with Gasteiger partial charge in [-0.25, -0.2) is 9.97 Å². The molecule has 0 saturated carbocycles. The Morgan fingerprint density at radius 1 is 1.12 bits per heavy atom. The molecular formula is C18H22N6. The van der Waals surface area contributed by atoms with E-state index in [0.717, 1.165) is 32.7 Å². The van der Waals surface area contributed by atoms with Gasteiger partial charge in [0, 0.05) is 56.8 Å². The highest BCUT2D eigenvalue weighted by molar-refractivity contribution is 5.47. The quantitative estimate of drug-likeness (QED) is 0.908. The number of aromatic nitrogens is 2. The molecule has 1 fully saturated rings. The smallest absolute Gasteiger partial charge is 0.182 e. The summed E-state index contributed by atoms with van der Waals surface area (Å²) in [7, 11) is 0. The molecule has 6 nitrogen and oxygen atoms in total. The molecule has 2 heterocycles. The van der Waals surface area contributed by atoms with Gasteiger partial charge < -0.3 is 10.2 Å². The maximum absolute atomic E-state index is 9.08. The van der Waals surface area contributed by atoms with Crippen LogP contribution < -0.4 is 10.2 Å². The Hall–Kier alpha value is -2.65. The lowest BCUT2D eigenvalue weighted by Gasteiger charge is -2.37. The first-order chi connectivity index (χ1) is 11.8. The molecule has 124 valence electrons. The van der Waals surface area contributed by atoms with E-state index in [4.69, 9.17) is 5.26 Å². The number of nitrogens with one attached hydrogen (secondary N) is 1. The van der Waals surface area contributed by atoms with Crippen LogP contribution in [0.4, 0.5) is 11.5 Å². The van der Waals surface area contributed by atoms with Crippen LogP contribution in [0.2, 0.25) is 0 Å². The van der Waals surface area contributed by atoms with E-state index in [-0.39, 0.29) is 6.04 Å². The molecule has 0 radical (unpaired) electrons. The summed E-state index contributed by atoms with van der Waals surface area (Å²) in [6.07, 6.45) is 3.14. The van der Waals surface area contributed by atoms with Crippen LogP contribution >= 0.6 is 0 Å². The molecule has 24 heavy (non-hydrogen) atoms. The van der Waals surface area contributed by atoms with Gasteiger partial charge in [0.05, 0.1) is 0 Å². The van der Waals surface area contributed by atoms with Crippen LogP contribution in [0.5, 0.6) is 0 Å². The van der Waals surface area contributed by atoms with Gasteiger partial charge in [0.2, 0.25) is 0 Å². The Morgan fingerprint density at radius 3 is 2.54 bits per heavy atom. The molecule has 1 aromatic carbocycles. The number of hydrogen-bond acceptors (Lipinski definition) is 6. The molecule has 1 atom stereocenters. The fraction of sp³-hybridized carbons (Fsp3) is 0.389.